The minimum absolute atomic E-state index is 0.489. The van der Waals surface area contributed by atoms with Crippen LogP contribution in [0, 0.1) is 18.3 Å². The van der Waals surface area contributed by atoms with Gasteiger partial charge in [0.2, 0.25) is 0 Å². The molecule has 0 aromatic rings. The van der Waals surface area contributed by atoms with Gasteiger partial charge in [0.25, 0.3) is 0 Å². The standard InChI is InChI=1S/C7H11PS3/c1-3-7-4-5-8(9,10-2)11-6-7/h1,7H,4-6H2,2H3. The van der Waals surface area contributed by atoms with Crippen LogP contribution in [0.1, 0.15) is 6.42 Å². The van der Waals surface area contributed by atoms with Gasteiger partial charge in [-0.2, -0.15) is 0 Å². The van der Waals surface area contributed by atoms with Crippen LogP contribution in [0.5, 0.6) is 0 Å². The summed E-state index contributed by atoms with van der Waals surface area (Å²) in [4.78, 5) is 0. The summed E-state index contributed by atoms with van der Waals surface area (Å²) in [6, 6.07) is 0. The third-order valence-corrected chi connectivity index (χ3v) is 13.6. The maximum atomic E-state index is 5.52. The van der Waals surface area contributed by atoms with Gasteiger partial charge in [0.05, 0.1) is 4.44 Å². The van der Waals surface area contributed by atoms with Gasteiger partial charge in [-0.25, -0.2) is 0 Å². The molecule has 1 rings (SSSR count). The molecule has 0 nitrogen and oxygen atoms in total. The molecule has 0 aromatic heterocycles. The summed E-state index contributed by atoms with van der Waals surface area (Å²) in [7, 11) is 0. The molecule has 0 saturated carbocycles. The Morgan fingerprint density at radius 2 is 2.55 bits per heavy atom. The first-order valence-electron chi connectivity index (χ1n) is 3.45. The van der Waals surface area contributed by atoms with E-state index in [9.17, 15) is 0 Å². The Labute approximate surface area is 81.8 Å². The predicted octanol–water partition coefficient (Wildman–Crippen LogP) is 3.05. The summed E-state index contributed by atoms with van der Waals surface area (Å²) in [5, 5.41) is 0. The summed E-state index contributed by atoms with van der Waals surface area (Å²) in [5.74, 6) is 4.39. The zero-order valence-corrected chi connectivity index (χ0v) is 9.79. The zero-order chi connectivity index (χ0) is 8.32. The number of rotatable bonds is 1. The van der Waals surface area contributed by atoms with Crippen LogP contribution in [0.15, 0.2) is 0 Å². The van der Waals surface area contributed by atoms with E-state index in [1.807, 2.05) is 22.8 Å². The SMILES string of the molecule is C#CC1CCP(=S)(SC)SC1. The Morgan fingerprint density at radius 1 is 1.82 bits per heavy atom. The van der Waals surface area contributed by atoms with Crippen molar-refractivity contribution in [2.24, 2.45) is 5.92 Å². The number of hydrogen-bond donors (Lipinski definition) is 0. The molecule has 0 bridgehead atoms. The highest BCUT2D eigenvalue weighted by Crippen LogP contribution is 2.71. The van der Waals surface area contributed by atoms with Crippen LogP contribution < -0.4 is 0 Å². The first-order chi connectivity index (χ1) is 5.20. The van der Waals surface area contributed by atoms with E-state index in [1.165, 1.54) is 6.16 Å². The third-order valence-electron chi connectivity index (χ3n) is 1.74. The van der Waals surface area contributed by atoms with Crippen molar-refractivity contribution in [3.05, 3.63) is 0 Å². The van der Waals surface area contributed by atoms with Crippen LogP contribution in [-0.2, 0) is 11.8 Å². The summed E-state index contributed by atoms with van der Waals surface area (Å²) in [6.07, 6.45) is 9.81. The molecule has 0 N–H and O–H groups in total. The van der Waals surface area contributed by atoms with E-state index in [0.29, 0.717) is 5.92 Å². The molecular formula is C7H11PS3. The van der Waals surface area contributed by atoms with Gasteiger partial charge >= 0.3 is 0 Å². The van der Waals surface area contributed by atoms with Crippen LogP contribution >= 0.6 is 27.2 Å². The molecule has 1 heterocycles. The van der Waals surface area contributed by atoms with Crippen molar-refractivity contribution in [1.82, 2.24) is 0 Å². The van der Waals surface area contributed by atoms with Gasteiger partial charge < -0.3 is 0 Å². The second kappa shape index (κ2) is 4.23. The largest absolute Gasteiger partial charge is 0.120 e. The van der Waals surface area contributed by atoms with Crippen molar-refractivity contribution in [2.45, 2.75) is 6.42 Å². The first kappa shape index (κ1) is 9.99. The molecule has 2 atom stereocenters. The molecule has 2 unspecified atom stereocenters. The normalized spacial score (nSPS) is 38.0. The van der Waals surface area contributed by atoms with Crippen molar-refractivity contribution in [1.29, 1.82) is 0 Å². The second-order valence-electron chi connectivity index (χ2n) is 2.47. The molecule has 0 amide bonds. The average Bonchev–Trinajstić information content (AvgIpc) is 2.06. The van der Waals surface area contributed by atoms with Crippen molar-refractivity contribution >= 4 is 39.0 Å². The molecule has 4 heteroatoms. The lowest BCUT2D eigenvalue weighted by Gasteiger charge is -2.26. The minimum atomic E-state index is -1.07. The highest BCUT2D eigenvalue weighted by molar-refractivity contribution is 9.00. The van der Waals surface area contributed by atoms with Gasteiger partial charge in [-0.15, -0.1) is 35.1 Å². The molecule has 1 saturated heterocycles. The van der Waals surface area contributed by atoms with Gasteiger partial charge in [0.15, 0.2) is 0 Å². The van der Waals surface area contributed by atoms with E-state index < -0.39 is 4.44 Å². The Morgan fingerprint density at radius 3 is 2.91 bits per heavy atom. The molecule has 1 aliphatic rings. The number of terminal acetylenes is 1. The Kier molecular flexibility index (Phi) is 3.85. The van der Waals surface area contributed by atoms with E-state index in [4.69, 9.17) is 18.2 Å². The molecule has 1 aliphatic heterocycles. The molecule has 1 fully saturated rings. The van der Waals surface area contributed by atoms with E-state index in [-0.39, 0.29) is 0 Å². The fourth-order valence-corrected chi connectivity index (χ4v) is 8.12. The monoisotopic (exact) mass is 222 g/mol. The first-order valence-corrected chi connectivity index (χ1v) is 9.86. The average molecular weight is 222 g/mol. The van der Waals surface area contributed by atoms with Crippen molar-refractivity contribution in [2.75, 3.05) is 18.2 Å². The van der Waals surface area contributed by atoms with Crippen molar-refractivity contribution in [3.63, 3.8) is 0 Å². The molecule has 0 radical (unpaired) electrons. The van der Waals surface area contributed by atoms with Gasteiger partial charge in [0.1, 0.15) is 0 Å². The van der Waals surface area contributed by atoms with Crippen LogP contribution in [0.4, 0.5) is 0 Å². The Balaban J connectivity index is 2.49. The van der Waals surface area contributed by atoms with E-state index in [1.54, 1.807) is 0 Å². The lowest BCUT2D eigenvalue weighted by molar-refractivity contribution is 0.739. The highest BCUT2D eigenvalue weighted by atomic mass is 33.2. The van der Waals surface area contributed by atoms with Crippen molar-refractivity contribution < 1.29 is 0 Å². The number of hydrogen-bond acceptors (Lipinski definition) is 3. The topological polar surface area (TPSA) is 0 Å². The fourth-order valence-electron chi connectivity index (χ4n) is 0.941. The van der Waals surface area contributed by atoms with Gasteiger partial charge in [0, 0.05) is 11.7 Å². The molecule has 0 aromatic carbocycles. The fraction of sp³-hybridized carbons (Fsp3) is 0.714. The molecule has 0 spiro atoms. The quantitative estimate of drug-likeness (QED) is 0.494. The van der Waals surface area contributed by atoms with Crippen LogP contribution in [0.25, 0.3) is 0 Å². The van der Waals surface area contributed by atoms with E-state index in [2.05, 4.69) is 12.2 Å². The lowest BCUT2D eigenvalue weighted by Crippen LogP contribution is -2.07. The summed E-state index contributed by atoms with van der Waals surface area (Å²) < 4.78 is -1.07. The predicted molar refractivity (Wildman–Crippen MR) is 62.1 cm³/mol. The van der Waals surface area contributed by atoms with Crippen molar-refractivity contribution in [3.8, 4) is 12.3 Å². The zero-order valence-electron chi connectivity index (χ0n) is 6.45. The third kappa shape index (κ3) is 2.70. The van der Waals surface area contributed by atoms with Crippen LogP contribution in [0.3, 0.4) is 0 Å². The smallest absolute Gasteiger partial charge is 0.0570 e. The molecule has 11 heavy (non-hydrogen) atoms. The van der Waals surface area contributed by atoms with E-state index in [0.717, 1.165) is 12.2 Å². The van der Waals surface area contributed by atoms with Crippen LogP contribution in [-0.4, -0.2) is 18.2 Å². The summed E-state index contributed by atoms with van der Waals surface area (Å²) in [5.41, 5.74) is 0. The summed E-state index contributed by atoms with van der Waals surface area (Å²) >= 11 is 9.35. The molecular weight excluding hydrogens is 211 g/mol. The minimum Gasteiger partial charge on any atom is -0.120 e. The summed E-state index contributed by atoms with van der Waals surface area (Å²) in [6.45, 7) is 0. The van der Waals surface area contributed by atoms with Gasteiger partial charge in [-0.05, 0) is 18.8 Å². The molecule has 62 valence electrons. The van der Waals surface area contributed by atoms with Gasteiger partial charge in [-0.1, -0.05) is 11.8 Å². The maximum absolute atomic E-state index is 5.52. The Bertz CT molecular complexity index is 206. The van der Waals surface area contributed by atoms with Gasteiger partial charge in [-0.3, -0.25) is 0 Å². The molecule has 0 aliphatic carbocycles. The maximum Gasteiger partial charge on any atom is 0.0570 e. The Hall–Kier alpha value is 0.910. The lowest BCUT2D eigenvalue weighted by atomic mass is 10.1. The highest BCUT2D eigenvalue weighted by Gasteiger charge is 2.24. The van der Waals surface area contributed by atoms with E-state index >= 15 is 0 Å². The second-order valence-corrected chi connectivity index (χ2v) is 14.7. The van der Waals surface area contributed by atoms with Crippen LogP contribution in [0.2, 0.25) is 0 Å².